The normalized spacial score (nSPS) is 16.1. The molecule has 0 fully saturated rings. The first kappa shape index (κ1) is 14.7. The van der Waals surface area contributed by atoms with Crippen molar-refractivity contribution in [2.75, 3.05) is 13.2 Å². The molecule has 2 nitrogen and oxygen atoms in total. The van der Waals surface area contributed by atoms with Crippen LogP contribution in [0.2, 0.25) is 0 Å². The average molecular weight is 214 g/mol. The highest BCUT2D eigenvalue weighted by Crippen LogP contribution is 2.33. The maximum atomic E-state index is 9.38. The number of aliphatic hydroxyl groups is 1. The third kappa shape index (κ3) is 4.80. The van der Waals surface area contributed by atoms with Crippen LogP contribution in [-0.2, 0) is 4.74 Å². The van der Waals surface area contributed by atoms with Crippen molar-refractivity contribution in [3.05, 3.63) is 12.2 Å². The van der Waals surface area contributed by atoms with Gasteiger partial charge in [0.15, 0.2) is 0 Å². The van der Waals surface area contributed by atoms with E-state index in [4.69, 9.17) is 4.74 Å². The highest BCUT2D eigenvalue weighted by molar-refractivity contribution is 5.05. The summed E-state index contributed by atoms with van der Waals surface area (Å²) in [6, 6.07) is 0. The monoisotopic (exact) mass is 214 g/mol. The van der Waals surface area contributed by atoms with E-state index in [-0.39, 0.29) is 17.6 Å². The van der Waals surface area contributed by atoms with Crippen LogP contribution in [0.1, 0.15) is 47.5 Å². The standard InChI is InChI=1S/C13H26O2/c1-7-15-12(4,5)8-9-13(6,10-14)11(2)3/h14H,2,7-10H2,1,3-6H3. The molecular formula is C13H26O2. The van der Waals surface area contributed by atoms with Crippen LogP contribution in [0.4, 0.5) is 0 Å². The Morgan fingerprint density at radius 2 is 1.80 bits per heavy atom. The lowest BCUT2D eigenvalue weighted by molar-refractivity contribution is -0.0253. The quantitative estimate of drug-likeness (QED) is 0.660. The Hall–Kier alpha value is -0.340. The minimum Gasteiger partial charge on any atom is -0.395 e. The van der Waals surface area contributed by atoms with E-state index in [0.29, 0.717) is 0 Å². The molecule has 0 saturated carbocycles. The van der Waals surface area contributed by atoms with Crippen molar-refractivity contribution in [1.29, 1.82) is 0 Å². The lowest BCUT2D eigenvalue weighted by Gasteiger charge is -2.33. The van der Waals surface area contributed by atoms with E-state index >= 15 is 0 Å². The van der Waals surface area contributed by atoms with Gasteiger partial charge in [0.2, 0.25) is 0 Å². The summed E-state index contributed by atoms with van der Waals surface area (Å²) in [7, 11) is 0. The van der Waals surface area contributed by atoms with Gasteiger partial charge in [0.1, 0.15) is 0 Å². The SMILES string of the molecule is C=C(C)C(C)(CO)CCC(C)(C)OCC. The molecule has 0 amide bonds. The molecule has 0 aliphatic rings. The van der Waals surface area contributed by atoms with Crippen LogP contribution in [0.15, 0.2) is 12.2 Å². The van der Waals surface area contributed by atoms with E-state index in [2.05, 4.69) is 27.4 Å². The lowest BCUT2D eigenvalue weighted by Crippen LogP contribution is -2.30. The summed E-state index contributed by atoms with van der Waals surface area (Å²) in [6.07, 6.45) is 1.84. The molecule has 1 unspecified atom stereocenters. The fraction of sp³-hybridized carbons (Fsp3) is 0.846. The number of ether oxygens (including phenoxy) is 1. The predicted molar refractivity (Wildman–Crippen MR) is 64.9 cm³/mol. The molecule has 0 radical (unpaired) electrons. The molecule has 0 heterocycles. The molecule has 0 saturated heterocycles. The third-order valence-corrected chi connectivity index (χ3v) is 3.19. The van der Waals surface area contributed by atoms with Crippen LogP contribution < -0.4 is 0 Å². The molecule has 2 heteroatoms. The van der Waals surface area contributed by atoms with Crippen LogP contribution in [0.3, 0.4) is 0 Å². The maximum Gasteiger partial charge on any atom is 0.0626 e. The van der Waals surface area contributed by atoms with E-state index in [0.717, 1.165) is 25.0 Å². The summed E-state index contributed by atoms with van der Waals surface area (Å²) in [5.41, 5.74) is 0.756. The molecule has 0 aromatic heterocycles. The maximum absolute atomic E-state index is 9.38. The van der Waals surface area contributed by atoms with Gasteiger partial charge in [0.25, 0.3) is 0 Å². The molecule has 1 atom stereocenters. The number of hydrogen-bond acceptors (Lipinski definition) is 2. The minimum atomic E-state index is -0.172. The van der Waals surface area contributed by atoms with Crippen molar-refractivity contribution in [2.24, 2.45) is 5.41 Å². The zero-order valence-corrected chi connectivity index (χ0v) is 10.9. The van der Waals surface area contributed by atoms with Gasteiger partial charge in [-0.1, -0.05) is 19.1 Å². The first-order valence-corrected chi connectivity index (χ1v) is 5.68. The van der Waals surface area contributed by atoms with Gasteiger partial charge in [-0.25, -0.2) is 0 Å². The third-order valence-electron chi connectivity index (χ3n) is 3.19. The van der Waals surface area contributed by atoms with Gasteiger partial charge in [0, 0.05) is 12.0 Å². The smallest absolute Gasteiger partial charge is 0.0626 e. The van der Waals surface area contributed by atoms with E-state index in [9.17, 15) is 5.11 Å². The van der Waals surface area contributed by atoms with Crippen LogP contribution >= 0.6 is 0 Å². The summed E-state index contributed by atoms with van der Waals surface area (Å²) in [5.74, 6) is 0. The topological polar surface area (TPSA) is 29.5 Å². The van der Waals surface area contributed by atoms with Crippen LogP contribution in [0.25, 0.3) is 0 Å². The van der Waals surface area contributed by atoms with Crippen molar-refractivity contribution in [1.82, 2.24) is 0 Å². The Kier molecular flexibility index (Phi) is 5.54. The fourth-order valence-corrected chi connectivity index (χ4v) is 1.47. The Morgan fingerprint density at radius 3 is 2.13 bits per heavy atom. The van der Waals surface area contributed by atoms with Gasteiger partial charge in [-0.2, -0.15) is 0 Å². The fourth-order valence-electron chi connectivity index (χ4n) is 1.47. The Labute approximate surface area is 94.3 Å². The second-order valence-electron chi connectivity index (χ2n) is 5.19. The number of hydrogen-bond donors (Lipinski definition) is 1. The van der Waals surface area contributed by atoms with Gasteiger partial charge in [-0.3, -0.25) is 0 Å². The predicted octanol–water partition coefficient (Wildman–Crippen LogP) is 3.16. The molecule has 1 N–H and O–H groups in total. The zero-order valence-electron chi connectivity index (χ0n) is 10.9. The van der Waals surface area contributed by atoms with E-state index in [1.54, 1.807) is 0 Å². The van der Waals surface area contributed by atoms with Crippen molar-refractivity contribution in [3.63, 3.8) is 0 Å². The molecule has 0 rings (SSSR count). The van der Waals surface area contributed by atoms with E-state index < -0.39 is 0 Å². The van der Waals surface area contributed by atoms with Gasteiger partial charge in [-0.15, -0.1) is 0 Å². The second-order valence-corrected chi connectivity index (χ2v) is 5.19. The zero-order chi connectivity index (χ0) is 12.1. The molecule has 0 aromatic carbocycles. The van der Waals surface area contributed by atoms with E-state index in [1.165, 1.54) is 0 Å². The van der Waals surface area contributed by atoms with Gasteiger partial charge >= 0.3 is 0 Å². The Bertz CT molecular complexity index is 209. The molecule has 0 aromatic rings. The van der Waals surface area contributed by atoms with Gasteiger partial charge in [0.05, 0.1) is 12.2 Å². The van der Waals surface area contributed by atoms with Crippen molar-refractivity contribution < 1.29 is 9.84 Å². The van der Waals surface area contributed by atoms with Gasteiger partial charge < -0.3 is 9.84 Å². The number of rotatable bonds is 7. The Balaban J connectivity index is 4.29. The van der Waals surface area contributed by atoms with E-state index in [1.807, 2.05) is 13.8 Å². The summed E-state index contributed by atoms with van der Waals surface area (Å²) in [6.45, 7) is 15.0. The van der Waals surface area contributed by atoms with Crippen molar-refractivity contribution in [2.45, 2.75) is 53.1 Å². The molecule has 15 heavy (non-hydrogen) atoms. The molecule has 0 spiro atoms. The molecule has 0 aliphatic carbocycles. The van der Waals surface area contributed by atoms with Crippen molar-refractivity contribution in [3.8, 4) is 0 Å². The lowest BCUT2D eigenvalue weighted by atomic mass is 9.78. The summed E-state index contributed by atoms with van der Waals surface area (Å²) < 4.78 is 5.64. The highest BCUT2D eigenvalue weighted by atomic mass is 16.5. The average Bonchev–Trinajstić information content (AvgIpc) is 2.14. The summed E-state index contributed by atoms with van der Waals surface area (Å²) in [5, 5.41) is 9.38. The first-order valence-electron chi connectivity index (χ1n) is 5.68. The largest absolute Gasteiger partial charge is 0.395 e. The summed E-state index contributed by atoms with van der Waals surface area (Å²) >= 11 is 0. The molecule has 0 aliphatic heterocycles. The van der Waals surface area contributed by atoms with Crippen LogP contribution in [0, 0.1) is 5.41 Å². The number of aliphatic hydroxyl groups excluding tert-OH is 1. The molecule has 90 valence electrons. The van der Waals surface area contributed by atoms with Crippen molar-refractivity contribution >= 4 is 0 Å². The Morgan fingerprint density at radius 1 is 1.27 bits per heavy atom. The van der Waals surface area contributed by atoms with Crippen LogP contribution in [-0.4, -0.2) is 23.9 Å². The van der Waals surface area contributed by atoms with Gasteiger partial charge in [-0.05, 0) is 40.5 Å². The molecular weight excluding hydrogens is 188 g/mol. The van der Waals surface area contributed by atoms with Crippen LogP contribution in [0.5, 0.6) is 0 Å². The highest BCUT2D eigenvalue weighted by Gasteiger charge is 2.28. The molecule has 0 bridgehead atoms. The second kappa shape index (κ2) is 5.66. The summed E-state index contributed by atoms with van der Waals surface area (Å²) in [4.78, 5) is 0. The minimum absolute atomic E-state index is 0.110. The first-order chi connectivity index (χ1) is 6.77.